The first-order valence-electron chi connectivity index (χ1n) is 12.4. The number of aromatic nitrogens is 1. The van der Waals surface area contributed by atoms with Crippen molar-refractivity contribution >= 4 is 62.8 Å². The monoisotopic (exact) mass is 521 g/mol. The molecule has 2 heterocycles. The van der Waals surface area contributed by atoms with E-state index in [1.165, 1.54) is 5.39 Å². The van der Waals surface area contributed by atoms with Crippen LogP contribution in [0.25, 0.3) is 39.1 Å². The number of thioether (sulfide) groups is 2. The number of rotatable bonds is 6. The molecule has 6 rings (SSSR count). The van der Waals surface area contributed by atoms with Gasteiger partial charge in [-0.15, -0.1) is 23.5 Å². The zero-order valence-electron chi connectivity index (χ0n) is 20.6. The molecule has 5 aromatic rings. The van der Waals surface area contributed by atoms with Crippen LogP contribution in [0.3, 0.4) is 0 Å². The average molecular weight is 522 g/mol. The Balaban J connectivity index is 1.52. The van der Waals surface area contributed by atoms with Crippen LogP contribution in [0.15, 0.2) is 97.1 Å². The van der Waals surface area contributed by atoms with Crippen LogP contribution in [0.4, 0.5) is 0 Å². The summed E-state index contributed by atoms with van der Waals surface area (Å²) in [5.74, 6) is 3.06. The van der Waals surface area contributed by atoms with Gasteiger partial charge in [0, 0.05) is 22.0 Å². The average Bonchev–Trinajstić information content (AvgIpc) is 3.30. The summed E-state index contributed by atoms with van der Waals surface area (Å²) in [6.07, 6.45) is 3.19. The molecule has 0 saturated carbocycles. The van der Waals surface area contributed by atoms with Crippen molar-refractivity contribution in [3.05, 3.63) is 108 Å². The van der Waals surface area contributed by atoms with E-state index in [9.17, 15) is 4.79 Å². The molecular formula is C32H27NO2S2. The first kappa shape index (κ1) is 24.0. The second kappa shape index (κ2) is 10.5. The van der Waals surface area contributed by atoms with Gasteiger partial charge in [0.05, 0.1) is 18.1 Å². The standard InChI is InChI=1S/C32H27NO2S2/c1-35-25-15-12-22(13-16-25)20-27(31(34)32-36-18-7-19-37-32)23-14-17-30-28(21-23)26-10-5-6-11-29(26)33(30)24-8-3-2-4-9-24/h2-6,8-17,20-21,32H,7,18-19H2,1H3/b27-20+. The lowest BCUT2D eigenvalue weighted by Gasteiger charge is -2.21. The van der Waals surface area contributed by atoms with E-state index in [0.29, 0.717) is 0 Å². The van der Waals surface area contributed by atoms with Crippen LogP contribution in [0.5, 0.6) is 5.75 Å². The Labute approximate surface area is 225 Å². The van der Waals surface area contributed by atoms with Gasteiger partial charge in [-0.05, 0) is 77.6 Å². The number of benzene rings is 4. The number of carbonyl (C=O) groups excluding carboxylic acids is 1. The molecule has 3 nitrogen and oxygen atoms in total. The molecule has 0 bridgehead atoms. The molecular weight excluding hydrogens is 494 g/mol. The molecule has 1 aliphatic heterocycles. The third-order valence-corrected chi connectivity index (χ3v) is 9.63. The predicted molar refractivity (Wildman–Crippen MR) is 160 cm³/mol. The lowest BCUT2D eigenvalue weighted by atomic mass is 9.97. The Morgan fingerprint density at radius 2 is 1.54 bits per heavy atom. The molecule has 184 valence electrons. The molecule has 37 heavy (non-hydrogen) atoms. The SMILES string of the molecule is COc1ccc(/C=C(/C(=O)C2SCCCS2)c2ccc3c(c2)c2ccccc2n3-c2ccccc2)cc1. The van der Waals surface area contributed by atoms with E-state index in [1.807, 2.05) is 36.4 Å². The summed E-state index contributed by atoms with van der Waals surface area (Å²) < 4.78 is 7.56. The number of nitrogens with zero attached hydrogens (tertiary/aromatic N) is 1. The van der Waals surface area contributed by atoms with Crippen LogP contribution >= 0.6 is 23.5 Å². The normalized spacial score (nSPS) is 14.8. The van der Waals surface area contributed by atoms with Gasteiger partial charge < -0.3 is 9.30 Å². The minimum Gasteiger partial charge on any atom is -0.497 e. The van der Waals surface area contributed by atoms with E-state index in [-0.39, 0.29) is 10.4 Å². The smallest absolute Gasteiger partial charge is 0.186 e. The number of carbonyl (C=O) groups is 1. The Bertz CT molecular complexity index is 1600. The first-order valence-corrected chi connectivity index (χ1v) is 14.5. The first-order chi connectivity index (χ1) is 18.2. The van der Waals surface area contributed by atoms with Gasteiger partial charge >= 0.3 is 0 Å². The number of allylic oxidation sites excluding steroid dienone is 1. The van der Waals surface area contributed by atoms with Crippen molar-refractivity contribution in [1.82, 2.24) is 4.57 Å². The number of para-hydroxylation sites is 2. The number of fused-ring (bicyclic) bond motifs is 3. The molecule has 1 saturated heterocycles. The molecule has 0 N–H and O–H groups in total. The maximum Gasteiger partial charge on any atom is 0.186 e. The number of ether oxygens (including phenoxy) is 1. The van der Waals surface area contributed by atoms with Crippen molar-refractivity contribution in [2.24, 2.45) is 0 Å². The van der Waals surface area contributed by atoms with Crippen molar-refractivity contribution in [2.75, 3.05) is 18.6 Å². The molecule has 0 atom stereocenters. The van der Waals surface area contributed by atoms with Crippen molar-refractivity contribution in [3.63, 3.8) is 0 Å². The highest BCUT2D eigenvalue weighted by Gasteiger charge is 2.27. The van der Waals surface area contributed by atoms with Crippen molar-refractivity contribution in [2.45, 2.75) is 11.0 Å². The highest BCUT2D eigenvalue weighted by molar-refractivity contribution is 8.18. The Morgan fingerprint density at radius 3 is 2.30 bits per heavy atom. The fourth-order valence-corrected chi connectivity index (χ4v) is 7.68. The molecule has 0 radical (unpaired) electrons. The minimum absolute atomic E-state index is 0.0698. The summed E-state index contributed by atoms with van der Waals surface area (Å²) in [7, 11) is 1.67. The maximum atomic E-state index is 13.9. The summed E-state index contributed by atoms with van der Waals surface area (Å²) in [5.41, 5.74) is 6.12. The summed E-state index contributed by atoms with van der Waals surface area (Å²) in [5, 5.41) is 2.33. The largest absolute Gasteiger partial charge is 0.497 e. The minimum atomic E-state index is -0.0698. The molecule has 1 aliphatic rings. The van der Waals surface area contributed by atoms with Gasteiger partial charge in [-0.25, -0.2) is 0 Å². The van der Waals surface area contributed by atoms with E-state index in [4.69, 9.17) is 4.74 Å². The van der Waals surface area contributed by atoms with E-state index >= 15 is 0 Å². The lowest BCUT2D eigenvalue weighted by Crippen LogP contribution is -2.19. The zero-order valence-corrected chi connectivity index (χ0v) is 22.2. The second-order valence-electron chi connectivity index (χ2n) is 9.04. The fourth-order valence-electron chi connectivity index (χ4n) is 4.93. The third-order valence-electron chi connectivity index (χ3n) is 6.73. The Kier molecular flexibility index (Phi) is 6.81. The van der Waals surface area contributed by atoms with Crippen LogP contribution in [-0.2, 0) is 4.79 Å². The molecule has 0 unspecified atom stereocenters. The predicted octanol–water partition coefficient (Wildman–Crippen LogP) is 8.10. The Morgan fingerprint density at radius 1 is 0.838 bits per heavy atom. The van der Waals surface area contributed by atoms with Gasteiger partial charge in [0.2, 0.25) is 0 Å². The Hall–Kier alpha value is -3.41. The maximum absolute atomic E-state index is 13.9. The number of hydrogen-bond donors (Lipinski definition) is 0. The van der Waals surface area contributed by atoms with E-state index in [0.717, 1.165) is 62.5 Å². The van der Waals surface area contributed by atoms with Gasteiger partial charge in [0.1, 0.15) is 10.3 Å². The highest BCUT2D eigenvalue weighted by atomic mass is 32.2. The summed E-state index contributed by atoms with van der Waals surface area (Å²) in [6, 6.07) is 33.3. The van der Waals surface area contributed by atoms with E-state index in [1.54, 1.807) is 30.6 Å². The summed E-state index contributed by atoms with van der Waals surface area (Å²) in [6.45, 7) is 0. The van der Waals surface area contributed by atoms with E-state index < -0.39 is 0 Å². The molecule has 1 aromatic heterocycles. The quantitative estimate of drug-likeness (QED) is 0.167. The third kappa shape index (κ3) is 4.70. The van der Waals surface area contributed by atoms with Gasteiger partial charge in [-0.1, -0.05) is 54.6 Å². The lowest BCUT2D eigenvalue weighted by molar-refractivity contribution is -0.112. The molecule has 1 fully saturated rings. The number of ketones is 1. The second-order valence-corrected chi connectivity index (χ2v) is 11.8. The molecule has 5 heteroatoms. The van der Waals surface area contributed by atoms with Crippen molar-refractivity contribution in [1.29, 1.82) is 0 Å². The van der Waals surface area contributed by atoms with E-state index in [2.05, 4.69) is 71.3 Å². The van der Waals surface area contributed by atoms with Gasteiger partial charge in [0.25, 0.3) is 0 Å². The van der Waals surface area contributed by atoms with Crippen LogP contribution in [0.2, 0.25) is 0 Å². The fraction of sp³-hybridized carbons (Fsp3) is 0.156. The van der Waals surface area contributed by atoms with Crippen molar-refractivity contribution < 1.29 is 9.53 Å². The summed E-state index contributed by atoms with van der Waals surface area (Å²) >= 11 is 3.53. The van der Waals surface area contributed by atoms with Crippen LogP contribution in [0.1, 0.15) is 17.5 Å². The van der Waals surface area contributed by atoms with Gasteiger partial charge in [-0.2, -0.15) is 0 Å². The zero-order chi connectivity index (χ0) is 25.2. The topological polar surface area (TPSA) is 31.2 Å². The van der Waals surface area contributed by atoms with Crippen LogP contribution in [0, 0.1) is 0 Å². The number of hydrogen-bond acceptors (Lipinski definition) is 4. The van der Waals surface area contributed by atoms with Gasteiger partial charge in [-0.3, -0.25) is 4.79 Å². The van der Waals surface area contributed by atoms with Crippen LogP contribution < -0.4 is 4.74 Å². The molecule has 0 amide bonds. The van der Waals surface area contributed by atoms with Crippen molar-refractivity contribution in [3.8, 4) is 11.4 Å². The van der Waals surface area contributed by atoms with Gasteiger partial charge in [0.15, 0.2) is 5.78 Å². The molecule has 0 aliphatic carbocycles. The van der Waals surface area contributed by atoms with Crippen LogP contribution in [-0.4, -0.2) is 33.5 Å². The molecule has 0 spiro atoms. The highest BCUT2D eigenvalue weighted by Crippen LogP contribution is 2.38. The summed E-state index contributed by atoms with van der Waals surface area (Å²) in [4.78, 5) is 13.9. The number of Topliss-reactive ketones (excluding diaryl/α,β-unsaturated/α-hetero) is 1. The molecule has 4 aromatic carbocycles. The number of methoxy groups -OCH3 is 1.